The minimum absolute atomic E-state index is 0.492. The molecule has 1 aromatic rings. The van der Waals surface area contributed by atoms with Crippen molar-refractivity contribution < 1.29 is 0 Å². The molecular weight excluding hydrogens is 224 g/mol. The first-order valence-electron chi connectivity index (χ1n) is 5.14. The number of thiocarbonyl (C=S) groups is 1. The molecule has 0 spiro atoms. The fourth-order valence-electron chi connectivity index (χ4n) is 1.43. The van der Waals surface area contributed by atoms with E-state index in [1.807, 2.05) is 0 Å². The van der Waals surface area contributed by atoms with Crippen molar-refractivity contribution in [1.82, 2.24) is 4.90 Å². The summed E-state index contributed by atoms with van der Waals surface area (Å²) >= 11 is 6.75. The Bertz CT molecular complexity index is 294. The summed E-state index contributed by atoms with van der Waals surface area (Å²) in [7, 11) is 0. The summed E-state index contributed by atoms with van der Waals surface area (Å²) in [6.07, 6.45) is 1.08. The van der Waals surface area contributed by atoms with E-state index in [0.717, 1.165) is 19.5 Å². The van der Waals surface area contributed by atoms with E-state index in [1.54, 1.807) is 11.3 Å². The minimum atomic E-state index is 0.492. The molecule has 0 aromatic carbocycles. The first kappa shape index (κ1) is 12.6. The van der Waals surface area contributed by atoms with Crippen molar-refractivity contribution in [1.29, 1.82) is 0 Å². The summed E-state index contributed by atoms with van der Waals surface area (Å²) in [5.41, 5.74) is 5.57. The van der Waals surface area contributed by atoms with Crippen LogP contribution in [-0.4, -0.2) is 29.0 Å². The van der Waals surface area contributed by atoms with Gasteiger partial charge in [0, 0.05) is 24.0 Å². The van der Waals surface area contributed by atoms with Gasteiger partial charge in [-0.05, 0) is 31.7 Å². The summed E-state index contributed by atoms with van der Waals surface area (Å²) < 4.78 is 0. The molecule has 1 rings (SSSR count). The normalized spacial score (nSPS) is 11.2. The Morgan fingerprint density at radius 1 is 1.60 bits per heavy atom. The molecule has 0 amide bonds. The van der Waals surface area contributed by atoms with Crippen molar-refractivity contribution in [3.8, 4) is 0 Å². The quantitative estimate of drug-likeness (QED) is 0.776. The molecule has 4 heteroatoms. The van der Waals surface area contributed by atoms with Crippen LogP contribution in [-0.2, 0) is 6.42 Å². The van der Waals surface area contributed by atoms with Gasteiger partial charge in [-0.1, -0.05) is 18.3 Å². The average molecular weight is 242 g/mol. The second-order valence-electron chi connectivity index (χ2n) is 3.86. The monoisotopic (exact) mass is 242 g/mol. The third kappa shape index (κ3) is 4.73. The molecule has 0 bridgehead atoms. The fraction of sp³-hybridized carbons (Fsp3) is 0.545. The molecule has 1 heterocycles. The van der Waals surface area contributed by atoms with Gasteiger partial charge in [0.25, 0.3) is 0 Å². The number of hydrogen-bond donors (Lipinski definition) is 1. The summed E-state index contributed by atoms with van der Waals surface area (Å²) in [5, 5.41) is 2.11. The number of hydrogen-bond acceptors (Lipinski definition) is 3. The highest BCUT2D eigenvalue weighted by Crippen LogP contribution is 2.10. The maximum Gasteiger partial charge on any atom is 0.0870 e. The van der Waals surface area contributed by atoms with Crippen molar-refractivity contribution >= 4 is 28.5 Å². The third-order valence-corrected chi connectivity index (χ3v) is 3.38. The van der Waals surface area contributed by atoms with Crippen molar-refractivity contribution in [3.05, 3.63) is 22.4 Å². The Hall–Kier alpha value is -0.450. The molecule has 2 N–H and O–H groups in total. The molecule has 1 aromatic heterocycles. The zero-order chi connectivity index (χ0) is 11.3. The third-order valence-electron chi connectivity index (χ3n) is 2.31. The number of nitrogens with zero attached hydrogens (tertiary/aromatic N) is 1. The highest BCUT2D eigenvalue weighted by atomic mass is 32.1. The summed E-state index contributed by atoms with van der Waals surface area (Å²) in [5.74, 6) is 0. The summed E-state index contributed by atoms with van der Waals surface area (Å²) in [6, 6.07) is 4.75. The van der Waals surface area contributed by atoms with Gasteiger partial charge < -0.3 is 5.73 Å². The Balaban J connectivity index is 2.41. The van der Waals surface area contributed by atoms with E-state index in [0.29, 0.717) is 11.0 Å². The van der Waals surface area contributed by atoms with Gasteiger partial charge in [-0.2, -0.15) is 0 Å². The molecule has 0 aliphatic rings. The summed E-state index contributed by atoms with van der Waals surface area (Å²) in [4.78, 5) is 4.31. The fourth-order valence-corrected chi connectivity index (χ4v) is 2.29. The Morgan fingerprint density at radius 3 is 2.80 bits per heavy atom. The van der Waals surface area contributed by atoms with Gasteiger partial charge in [-0.3, -0.25) is 4.90 Å². The summed E-state index contributed by atoms with van der Waals surface area (Å²) in [6.45, 7) is 6.09. The minimum Gasteiger partial charge on any atom is -0.392 e. The number of nitrogens with two attached hydrogens (primary N) is 1. The molecule has 2 nitrogen and oxygen atoms in total. The zero-order valence-corrected chi connectivity index (χ0v) is 10.9. The topological polar surface area (TPSA) is 29.3 Å². The lowest BCUT2D eigenvalue weighted by Gasteiger charge is -2.25. The predicted molar refractivity (Wildman–Crippen MR) is 71.5 cm³/mol. The van der Waals surface area contributed by atoms with Gasteiger partial charge in [0.15, 0.2) is 0 Å². The smallest absolute Gasteiger partial charge is 0.0870 e. The van der Waals surface area contributed by atoms with E-state index in [-0.39, 0.29) is 0 Å². The molecule has 0 atom stereocenters. The molecule has 0 aliphatic carbocycles. The highest BCUT2D eigenvalue weighted by Gasteiger charge is 2.10. The van der Waals surface area contributed by atoms with Crippen LogP contribution < -0.4 is 5.73 Å². The molecule has 84 valence electrons. The second-order valence-corrected chi connectivity index (χ2v) is 5.42. The van der Waals surface area contributed by atoms with Crippen molar-refractivity contribution in [3.63, 3.8) is 0 Å². The second kappa shape index (κ2) is 6.20. The molecule has 0 saturated heterocycles. The van der Waals surface area contributed by atoms with Gasteiger partial charge in [0.05, 0.1) is 4.99 Å². The molecule has 15 heavy (non-hydrogen) atoms. The lowest BCUT2D eigenvalue weighted by atomic mass is 10.2. The van der Waals surface area contributed by atoms with Gasteiger partial charge in [-0.15, -0.1) is 11.3 Å². The van der Waals surface area contributed by atoms with Crippen LogP contribution in [0.2, 0.25) is 0 Å². The Labute approximate surface area is 101 Å². The molecule has 0 unspecified atom stereocenters. The predicted octanol–water partition coefficient (Wildman–Crippen LogP) is 2.29. The van der Waals surface area contributed by atoms with Crippen molar-refractivity contribution in [2.45, 2.75) is 26.3 Å². The van der Waals surface area contributed by atoms with Crippen molar-refractivity contribution in [2.75, 3.05) is 13.1 Å². The highest BCUT2D eigenvalue weighted by molar-refractivity contribution is 7.80. The van der Waals surface area contributed by atoms with E-state index in [9.17, 15) is 0 Å². The largest absolute Gasteiger partial charge is 0.392 e. The molecular formula is C11H18N2S2. The van der Waals surface area contributed by atoms with Crippen LogP contribution in [0.25, 0.3) is 0 Å². The lowest BCUT2D eigenvalue weighted by molar-refractivity contribution is 0.258. The van der Waals surface area contributed by atoms with Crippen LogP contribution in [0, 0.1) is 0 Å². The van der Waals surface area contributed by atoms with Gasteiger partial charge >= 0.3 is 0 Å². The van der Waals surface area contributed by atoms with E-state index < -0.39 is 0 Å². The maximum atomic E-state index is 5.57. The van der Waals surface area contributed by atoms with E-state index in [4.69, 9.17) is 18.0 Å². The molecule has 0 fully saturated rings. The van der Waals surface area contributed by atoms with Gasteiger partial charge in [-0.25, -0.2) is 0 Å². The molecule has 0 aliphatic heterocycles. The van der Waals surface area contributed by atoms with Gasteiger partial charge in [0.2, 0.25) is 0 Å². The van der Waals surface area contributed by atoms with Crippen LogP contribution in [0.5, 0.6) is 0 Å². The zero-order valence-electron chi connectivity index (χ0n) is 9.27. The van der Waals surface area contributed by atoms with E-state index in [1.165, 1.54) is 4.88 Å². The Kier molecular flexibility index (Phi) is 5.22. The SMILES string of the molecule is CC(C)N(CCc1cccs1)CC(N)=S. The first-order chi connectivity index (χ1) is 7.09. The van der Waals surface area contributed by atoms with Crippen LogP contribution >= 0.6 is 23.6 Å². The maximum absolute atomic E-state index is 5.57. The van der Waals surface area contributed by atoms with Crippen LogP contribution in [0.3, 0.4) is 0 Å². The van der Waals surface area contributed by atoms with Crippen LogP contribution in [0.4, 0.5) is 0 Å². The first-order valence-corrected chi connectivity index (χ1v) is 6.43. The van der Waals surface area contributed by atoms with E-state index >= 15 is 0 Å². The average Bonchev–Trinajstić information content (AvgIpc) is 2.63. The van der Waals surface area contributed by atoms with Crippen LogP contribution in [0.1, 0.15) is 18.7 Å². The Morgan fingerprint density at radius 2 is 2.33 bits per heavy atom. The standard InChI is InChI=1S/C11H18N2S2/c1-9(2)13(8-11(12)14)6-5-10-4-3-7-15-10/h3-4,7,9H,5-6,8H2,1-2H3,(H2,12,14). The van der Waals surface area contributed by atoms with E-state index in [2.05, 4.69) is 36.3 Å². The van der Waals surface area contributed by atoms with Gasteiger partial charge in [0.1, 0.15) is 0 Å². The molecule has 0 radical (unpaired) electrons. The molecule has 0 saturated carbocycles. The van der Waals surface area contributed by atoms with Crippen LogP contribution in [0.15, 0.2) is 17.5 Å². The number of rotatable bonds is 6. The number of thiophene rings is 1. The van der Waals surface area contributed by atoms with Crippen molar-refractivity contribution in [2.24, 2.45) is 5.73 Å². The lowest BCUT2D eigenvalue weighted by Crippen LogP contribution is -2.38.